The van der Waals surface area contributed by atoms with E-state index < -0.39 is 16.9 Å². The minimum atomic E-state index is -1.17. The third kappa shape index (κ3) is 2.20. The van der Waals surface area contributed by atoms with Gasteiger partial charge in [-0.05, 0) is 11.6 Å². The van der Waals surface area contributed by atoms with Gasteiger partial charge in [0.25, 0.3) is 5.69 Å². The number of nitrogens with zero attached hydrogens (tertiary/aromatic N) is 1. The zero-order valence-corrected chi connectivity index (χ0v) is 9.79. The van der Waals surface area contributed by atoms with E-state index in [2.05, 4.69) is 4.98 Å². The second kappa shape index (κ2) is 4.58. The normalized spacial score (nSPS) is 12.5. The summed E-state index contributed by atoms with van der Waals surface area (Å²) in [6.45, 7) is 0. The van der Waals surface area contributed by atoms with Crippen LogP contribution in [-0.2, 0) is 11.2 Å². The number of H-pyrrole nitrogens is 1. The molecule has 0 saturated heterocycles. The second-order valence-electron chi connectivity index (χ2n) is 4.14. The van der Waals surface area contributed by atoms with E-state index in [1.165, 1.54) is 18.3 Å². The van der Waals surface area contributed by atoms with Crippen LogP contribution in [0.5, 0.6) is 0 Å². The fraction of sp³-hybridized carbons (Fsp3) is 0.182. The maximum Gasteiger partial charge on any atom is 0.320 e. The lowest BCUT2D eigenvalue weighted by Crippen LogP contribution is -2.32. The Bertz CT molecular complexity index is 664. The number of rotatable bonds is 4. The van der Waals surface area contributed by atoms with Crippen LogP contribution < -0.4 is 11.5 Å². The van der Waals surface area contributed by atoms with Crippen LogP contribution in [0, 0.1) is 10.1 Å². The Hall–Kier alpha value is -2.61. The third-order valence-electron chi connectivity index (χ3n) is 2.88. The number of anilines is 1. The molecule has 0 spiro atoms. The number of aromatic amines is 1. The summed E-state index contributed by atoms with van der Waals surface area (Å²) in [5, 5.41) is 20.1. The number of carboxylic acid groups (broad SMARTS) is 1. The van der Waals surface area contributed by atoms with Crippen LogP contribution >= 0.6 is 0 Å². The largest absolute Gasteiger partial charge is 0.480 e. The predicted octanol–water partition coefficient (Wildman–Crippen LogP) is 0.613. The number of nitro groups is 1. The van der Waals surface area contributed by atoms with E-state index in [0.29, 0.717) is 22.2 Å². The summed E-state index contributed by atoms with van der Waals surface area (Å²) in [6.07, 6.45) is 1.48. The number of nitrogens with two attached hydrogens (primary N) is 2. The zero-order valence-electron chi connectivity index (χ0n) is 9.79. The van der Waals surface area contributed by atoms with Crippen molar-refractivity contribution in [2.45, 2.75) is 12.5 Å². The molecule has 100 valence electrons. The van der Waals surface area contributed by atoms with Gasteiger partial charge >= 0.3 is 5.97 Å². The molecule has 0 aliphatic heterocycles. The summed E-state index contributed by atoms with van der Waals surface area (Å²) in [6, 6.07) is 1.60. The van der Waals surface area contributed by atoms with Crippen molar-refractivity contribution in [2.75, 3.05) is 5.73 Å². The molecule has 0 saturated carbocycles. The van der Waals surface area contributed by atoms with E-state index in [4.69, 9.17) is 16.6 Å². The van der Waals surface area contributed by atoms with Crippen molar-refractivity contribution in [3.05, 3.63) is 34.0 Å². The number of benzene rings is 1. The summed E-state index contributed by atoms with van der Waals surface area (Å²) >= 11 is 0. The molecule has 0 aliphatic rings. The summed E-state index contributed by atoms with van der Waals surface area (Å²) in [5.74, 6) is -1.17. The molecule has 6 N–H and O–H groups in total. The number of carboxylic acids is 1. The standard InChI is InChI=1S/C11H12N4O4/c12-6-1-2-8(15(18)19)9-5(4-14-10(6)9)3-7(13)11(16)17/h1-2,4,7,14H,3,12-13H2,(H,16,17)/t7-/m0/s1. The summed E-state index contributed by atoms with van der Waals surface area (Å²) in [4.78, 5) is 24.0. The van der Waals surface area contributed by atoms with Gasteiger partial charge in [0.15, 0.2) is 0 Å². The molecule has 2 rings (SSSR count). The molecular formula is C11H12N4O4. The number of aromatic nitrogens is 1. The van der Waals surface area contributed by atoms with Crippen molar-refractivity contribution in [3.8, 4) is 0 Å². The van der Waals surface area contributed by atoms with Crippen LogP contribution in [0.15, 0.2) is 18.3 Å². The number of nitrogens with one attached hydrogen (secondary N) is 1. The lowest BCUT2D eigenvalue weighted by molar-refractivity contribution is -0.383. The van der Waals surface area contributed by atoms with Crippen LogP contribution in [0.1, 0.15) is 5.56 Å². The van der Waals surface area contributed by atoms with Gasteiger partial charge in [0.2, 0.25) is 0 Å². The average molecular weight is 264 g/mol. The summed E-state index contributed by atoms with van der Waals surface area (Å²) < 4.78 is 0. The van der Waals surface area contributed by atoms with Crippen LogP contribution in [0.2, 0.25) is 0 Å². The molecule has 0 amide bonds. The average Bonchev–Trinajstić information content (AvgIpc) is 2.74. The number of nitrogen functional groups attached to an aromatic ring is 1. The van der Waals surface area contributed by atoms with E-state index in [0.717, 1.165) is 0 Å². The molecule has 0 bridgehead atoms. The Morgan fingerprint density at radius 3 is 2.79 bits per heavy atom. The SMILES string of the molecule is Nc1ccc([N+](=O)[O-])c2c(C[C@H](N)C(=O)O)c[nH]c12. The van der Waals surface area contributed by atoms with Crippen LogP contribution in [-0.4, -0.2) is 27.0 Å². The Kier molecular flexibility index (Phi) is 3.09. The number of non-ortho nitro benzene ring substituents is 1. The Morgan fingerprint density at radius 1 is 1.53 bits per heavy atom. The summed E-state index contributed by atoms with van der Waals surface area (Å²) in [7, 11) is 0. The maximum absolute atomic E-state index is 11.0. The first kappa shape index (κ1) is 12.8. The molecular weight excluding hydrogens is 252 g/mol. The van der Waals surface area contributed by atoms with E-state index in [1.54, 1.807) is 0 Å². The van der Waals surface area contributed by atoms with E-state index >= 15 is 0 Å². The van der Waals surface area contributed by atoms with Crippen LogP contribution in [0.25, 0.3) is 10.9 Å². The molecule has 0 radical (unpaired) electrons. The van der Waals surface area contributed by atoms with Gasteiger partial charge in [-0.15, -0.1) is 0 Å². The Morgan fingerprint density at radius 2 is 2.21 bits per heavy atom. The summed E-state index contributed by atoms with van der Waals surface area (Å²) in [5.41, 5.74) is 12.3. The molecule has 2 aromatic rings. The van der Waals surface area contributed by atoms with Gasteiger partial charge < -0.3 is 21.6 Å². The van der Waals surface area contributed by atoms with Crippen molar-refractivity contribution in [1.29, 1.82) is 0 Å². The first-order valence-electron chi connectivity index (χ1n) is 5.43. The van der Waals surface area contributed by atoms with Gasteiger partial charge in [-0.1, -0.05) is 0 Å². The van der Waals surface area contributed by atoms with Crippen molar-refractivity contribution >= 4 is 28.2 Å². The van der Waals surface area contributed by atoms with Crippen molar-refractivity contribution in [1.82, 2.24) is 4.98 Å². The molecule has 8 heteroatoms. The van der Waals surface area contributed by atoms with E-state index in [-0.39, 0.29) is 12.1 Å². The number of fused-ring (bicyclic) bond motifs is 1. The molecule has 1 atom stereocenters. The monoisotopic (exact) mass is 264 g/mol. The van der Waals surface area contributed by atoms with Gasteiger partial charge in [0.05, 0.1) is 21.5 Å². The predicted molar refractivity (Wildman–Crippen MR) is 68.7 cm³/mol. The molecule has 19 heavy (non-hydrogen) atoms. The number of hydrogen-bond donors (Lipinski definition) is 4. The number of nitro benzene ring substituents is 1. The molecule has 0 aliphatic carbocycles. The van der Waals surface area contributed by atoms with Gasteiger partial charge in [0, 0.05) is 18.7 Å². The molecule has 0 fully saturated rings. The maximum atomic E-state index is 11.0. The Balaban J connectivity index is 2.59. The topological polar surface area (TPSA) is 148 Å². The lowest BCUT2D eigenvalue weighted by Gasteiger charge is -2.05. The van der Waals surface area contributed by atoms with Gasteiger partial charge in [0.1, 0.15) is 6.04 Å². The van der Waals surface area contributed by atoms with E-state index in [9.17, 15) is 14.9 Å². The molecule has 8 nitrogen and oxygen atoms in total. The van der Waals surface area contributed by atoms with Gasteiger partial charge in [-0.25, -0.2) is 0 Å². The minimum Gasteiger partial charge on any atom is -0.480 e. The number of carbonyl (C=O) groups is 1. The highest BCUT2D eigenvalue weighted by atomic mass is 16.6. The second-order valence-corrected chi connectivity index (χ2v) is 4.14. The van der Waals surface area contributed by atoms with Crippen LogP contribution in [0.4, 0.5) is 11.4 Å². The minimum absolute atomic E-state index is 0.0143. The van der Waals surface area contributed by atoms with E-state index in [1.807, 2.05) is 0 Å². The lowest BCUT2D eigenvalue weighted by atomic mass is 10.0. The molecule has 1 heterocycles. The molecule has 0 unspecified atom stereocenters. The quantitative estimate of drug-likeness (QED) is 0.361. The number of hydrogen-bond acceptors (Lipinski definition) is 5. The third-order valence-corrected chi connectivity index (χ3v) is 2.88. The Labute approximate surface area is 107 Å². The first-order chi connectivity index (χ1) is 8.91. The molecule has 1 aromatic carbocycles. The fourth-order valence-electron chi connectivity index (χ4n) is 1.96. The highest BCUT2D eigenvalue weighted by Crippen LogP contribution is 2.32. The highest BCUT2D eigenvalue weighted by molar-refractivity contribution is 5.99. The highest BCUT2D eigenvalue weighted by Gasteiger charge is 2.21. The van der Waals surface area contributed by atoms with Gasteiger partial charge in [-0.2, -0.15) is 0 Å². The van der Waals surface area contributed by atoms with Crippen molar-refractivity contribution in [2.24, 2.45) is 5.73 Å². The fourth-order valence-corrected chi connectivity index (χ4v) is 1.96. The zero-order chi connectivity index (χ0) is 14.2. The smallest absolute Gasteiger partial charge is 0.320 e. The number of aliphatic carboxylic acids is 1. The van der Waals surface area contributed by atoms with Crippen LogP contribution in [0.3, 0.4) is 0 Å². The first-order valence-corrected chi connectivity index (χ1v) is 5.43. The van der Waals surface area contributed by atoms with Gasteiger partial charge in [-0.3, -0.25) is 14.9 Å². The van der Waals surface area contributed by atoms with Crippen molar-refractivity contribution in [3.63, 3.8) is 0 Å². The van der Waals surface area contributed by atoms with Crippen molar-refractivity contribution < 1.29 is 14.8 Å². The molecule has 1 aromatic heterocycles.